The lowest BCUT2D eigenvalue weighted by Crippen LogP contribution is -2.17. The van der Waals surface area contributed by atoms with Gasteiger partial charge in [0.05, 0.1) is 30.5 Å². The molecule has 0 aliphatic rings. The van der Waals surface area contributed by atoms with E-state index in [2.05, 4.69) is 17.0 Å². The standard InChI is InChI=1S/C19H21NO5/c1-3-4-12-25-16-11-6-5-8-13(16)18(22)20-17-14(19(23)24-2)9-7-10-15(17)21/h5-11,21H,3-4,12H2,1-2H3,(H,20,22). The van der Waals surface area contributed by atoms with E-state index in [0.717, 1.165) is 12.8 Å². The molecular weight excluding hydrogens is 322 g/mol. The Morgan fingerprint density at radius 2 is 1.80 bits per heavy atom. The fraction of sp³-hybridized carbons (Fsp3) is 0.263. The second-order valence-electron chi connectivity index (χ2n) is 5.34. The van der Waals surface area contributed by atoms with Gasteiger partial charge in [-0.25, -0.2) is 4.79 Å². The summed E-state index contributed by atoms with van der Waals surface area (Å²) in [7, 11) is 1.23. The van der Waals surface area contributed by atoms with Crippen molar-refractivity contribution in [3.63, 3.8) is 0 Å². The number of carbonyl (C=O) groups excluding carboxylic acids is 2. The van der Waals surface area contributed by atoms with Crippen molar-refractivity contribution in [2.24, 2.45) is 0 Å². The third-order valence-corrected chi connectivity index (χ3v) is 3.57. The third kappa shape index (κ3) is 4.50. The summed E-state index contributed by atoms with van der Waals surface area (Å²) in [4.78, 5) is 24.5. The van der Waals surface area contributed by atoms with E-state index in [0.29, 0.717) is 17.9 Å². The highest BCUT2D eigenvalue weighted by atomic mass is 16.5. The van der Waals surface area contributed by atoms with Gasteiger partial charge in [0.15, 0.2) is 0 Å². The number of rotatable bonds is 7. The number of methoxy groups -OCH3 is 1. The van der Waals surface area contributed by atoms with Crippen LogP contribution in [-0.2, 0) is 4.74 Å². The lowest BCUT2D eigenvalue weighted by molar-refractivity contribution is 0.0601. The maximum atomic E-state index is 12.6. The van der Waals surface area contributed by atoms with Crippen molar-refractivity contribution in [3.05, 3.63) is 53.6 Å². The monoisotopic (exact) mass is 343 g/mol. The van der Waals surface area contributed by atoms with E-state index in [9.17, 15) is 14.7 Å². The number of para-hydroxylation sites is 2. The van der Waals surface area contributed by atoms with E-state index in [4.69, 9.17) is 4.74 Å². The predicted octanol–water partition coefficient (Wildman–Crippen LogP) is 3.61. The van der Waals surface area contributed by atoms with Crippen molar-refractivity contribution in [1.29, 1.82) is 0 Å². The van der Waals surface area contributed by atoms with Crippen LogP contribution in [0.5, 0.6) is 11.5 Å². The van der Waals surface area contributed by atoms with Gasteiger partial charge in [-0.15, -0.1) is 0 Å². The summed E-state index contributed by atoms with van der Waals surface area (Å²) in [5.41, 5.74) is 0.389. The molecule has 0 atom stereocenters. The van der Waals surface area contributed by atoms with Gasteiger partial charge in [-0.2, -0.15) is 0 Å². The van der Waals surface area contributed by atoms with Gasteiger partial charge in [-0.05, 0) is 30.7 Å². The first-order valence-corrected chi connectivity index (χ1v) is 8.02. The van der Waals surface area contributed by atoms with Crippen molar-refractivity contribution in [2.45, 2.75) is 19.8 Å². The summed E-state index contributed by atoms with van der Waals surface area (Å²) >= 11 is 0. The largest absolute Gasteiger partial charge is 0.506 e. The number of carbonyl (C=O) groups is 2. The average molecular weight is 343 g/mol. The molecule has 2 N–H and O–H groups in total. The number of ether oxygens (including phenoxy) is 2. The Balaban J connectivity index is 2.28. The summed E-state index contributed by atoms with van der Waals surface area (Å²) in [6.45, 7) is 2.55. The van der Waals surface area contributed by atoms with Gasteiger partial charge in [-0.3, -0.25) is 4.79 Å². The number of amides is 1. The highest BCUT2D eigenvalue weighted by molar-refractivity contribution is 6.10. The Bertz CT molecular complexity index is 757. The van der Waals surface area contributed by atoms with E-state index in [1.807, 2.05) is 0 Å². The fourth-order valence-corrected chi connectivity index (χ4v) is 2.24. The van der Waals surface area contributed by atoms with E-state index in [-0.39, 0.29) is 17.0 Å². The summed E-state index contributed by atoms with van der Waals surface area (Å²) in [6, 6.07) is 11.2. The minimum atomic E-state index is -0.654. The van der Waals surface area contributed by atoms with E-state index in [1.165, 1.54) is 25.3 Å². The molecule has 0 aromatic heterocycles. The van der Waals surface area contributed by atoms with Crippen molar-refractivity contribution in [3.8, 4) is 11.5 Å². The van der Waals surface area contributed by atoms with Crippen LogP contribution in [0.25, 0.3) is 0 Å². The number of esters is 1. The zero-order valence-corrected chi connectivity index (χ0v) is 14.2. The zero-order valence-electron chi connectivity index (χ0n) is 14.2. The van der Waals surface area contributed by atoms with Crippen LogP contribution in [0.3, 0.4) is 0 Å². The molecule has 1 amide bonds. The quantitative estimate of drug-likeness (QED) is 0.456. The Hall–Kier alpha value is -3.02. The Morgan fingerprint density at radius 1 is 1.08 bits per heavy atom. The van der Waals surface area contributed by atoms with Crippen molar-refractivity contribution in [1.82, 2.24) is 0 Å². The predicted molar refractivity (Wildman–Crippen MR) is 94.2 cm³/mol. The molecule has 2 aromatic carbocycles. The van der Waals surface area contributed by atoms with Gasteiger partial charge in [0.1, 0.15) is 11.5 Å². The Morgan fingerprint density at radius 3 is 2.52 bits per heavy atom. The van der Waals surface area contributed by atoms with Crippen LogP contribution in [0.1, 0.15) is 40.5 Å². The molecular formula is C19H21NO5. The number of aromatic hydroxyl groups is 1. The summed E-state index contributed by atoms with van der Waals surface area (Å²) in [5, 5.41) is 12.6. The normalized spacial score (nSPS) is 10.2. The van der Waals surface area contributed by atoms with Crippen LogP contribution in [0.15, 0.2) is 42.5 Å². The molecule has 2 aromatic rings. The molecule has 0 radical (unpaired) electrons. The molecule has 2 rings (SSSR count). The first-order valence-electron chi connectivity index (χ1n) is 8.02. The minimum absolute atomic E-state index is 0.00251. The molecule has 0 unspecified atom stereocenters. The van der Waals surface area contributed by atoms with Crippen LogP contribution in [0, 0.1) is 0 Å². The van der Waals surface area contributed by atoms with Crippen LogP contribution >= 0.6 is 0 Å². The highest BCUT2D eigenvalue weighted by Gasteiger charge is 2.19. The van der Waals surface area contributed by atoms with Crippen molar-refractivity contribution >= 4 is 17.6 Å². The van der Waals surface area contributed by atoms with Crippen molar-refractivity contribution < 1.29 is 24.2 Å². The van der Waals surface area contributed by atoms with Gasteiger partial charge in [0.2, 0.25) is 0 Å². The van der Waals surface area contributed by atoms with E-state index >= 15 is 0 Å². The van der Waals surface area contributed by atoms with Crippen LogP contribution < -0.4 is 10.1 Å². The number of anilines is 1. The molecule has 0 heterocycles. The molecule has 0 bridgehead atoms. The maximum absolute atomic E-state index is 12.6. The summed E-state index contributed by atoms with van der Waals surface area (Å²) in [5.74, 6) is -0.915. The number of nitrogens with one attached hydrogen (secondary N) is 1. The topological polar surface area (TPSA) is 84.9 Å². The van der Waals surface area contributed by atoms with Gasteiger partial charge in [-0.1, -0.05) is 31.5 Å². The summed E-state index contributed by atoms with van der Waals surface area (Å²) in [6.07, 6.45) is 1.86. The molecule has 6 heteroatoms. The highest BCUT2D eigenvalue weighted by Crippen LogP contribution is 2.29. The van der Waals surface area contributed by atoms with Gasteiger partial charge in [0, 0.05) is 0 Å². The second kappa shape index (κ2) is 8.73. The molecule has 0 aliphatic carbocycles. The lowest BCUT2D eigenvalue weighted by Gasteiger charge is -2.14. The number of hydrogen-bond acceptors (Lipinski definition) is 5. The molecule has 0 aliphatic heterocycles. The van der Waals surface area contributed by atoms with Gasteiger partial charge >= 0.3 is 5.97 Å². The Labute approximate surface area is 146 Å². The Kier molecular flexibility index (Phi) is 6.39. The molecule has 0 saturated heterocycles. The number of unbranched alkanes of at least 4 members (excludes halogenated alkanes) is 1. The zero-order chi connectivity index (χ0) is 18.2. The molecule has 132 valence electrons. The molecule has 0 spiro atoms. The van der Waals surface area contributed by atoms with Crippen LogP contribution in [0.4, 0.5) is 5.69 Å². The number of phenolic OH excluding ortho intramolecular Hbond substituents is 1. The summed E-state index contributed by atoms with van der Waals surface area (Å²) < 4.78 is 10.3. The molecule has 0 saturated carbocycles. The second-order valence-corrected chi connectivity index (χ2v) is 5.34. The minimum Gasteiger partial charge on any atom is -0.506 e. The lowest BCUT2D eigenvalue weighted by atomic mass is 10.1. The van der Waals surface area contributed by atoms with Crippen LogP contribution in [0.2, 0.25) is 0 Å². The average Bonchev–Trinajstić information content (AvgIpc) is 2.63. The number of phenols is 1. The van der Waals surface area contributed by atoms with Crippen LogP contribution in [-0.4, -0.2) is 30.7 Å². The van der Waals surface area contributed by atoms with E-state index < -0.39 is 11.9 Å². The molecule has 25 heavy (non-hydrogen) atoms. The van der Waals surface area contributed by atoms with Gasteiger partial charge < -0.3 is 19.9 Å². The van der Waals surface area contributed by atoms with Crippen molar-refractivity contribution in [2.75, 3.05) is 19.0 Å². The number of hydrogen-bond donors (Lipinski definition) is 2. The SMILES string of the molecule is CCCCOc1ccccc1C(=O)Nc1c(O)cccc1C(=O)OC. The third-order valence-electron chi connectivity index (χ3n) is 3.57. The molecule has 6 nitrogen and oxygen atoms in total. The smallest absolute Gasteiger partial charge is 0.340 e. The van der Waals surface area contributed by atoms with Gasteiger partial charge in [0.25, 0.3) is 5.91 Å². The van der Waals surface area contributed by atoms with E-state index in [1.54, 1.807) is 24.3 Å². The number of benzene rings is 2. The molecule has 0 fully saturated rings. The maximum Gasteiger partial charge on any atom is 0.340 e. The first kappa shape index (κ1) is 18.3. The first-order chi connectivity index (χ1) is 12.1. The fourth-order valence-electron chi connectivity index (χ4n) is 2.24.